The molecule has 1 aromatic carbocycles. The number of rotatable bonds is 2. The molecule has 2 nitrogen and oxygen atoms in total. The summed E-state index contributed by atoms with van der Waals surface area (Å²) >= 11 is 0. The Balaban J connectivity index is 3.58. The number of hydrogen-bond acceptors (Lipinski definition) is 2. The number of phenolic OH excluding ortho intramolecular Hbond substituents is 1. The number of aliphatic hydroxyl groups excluding tert-OH is 1. The van der Waals surface area contributed by atoms with Crippen molar-refractivity contribution in [3.8, 4) is 5.75 Å². The normalized spacial score (nSPS) is 9.86. The van der Waals surface area contributed by atoms with E-state index in [1.807, 2.05) is 6.92 Å². The van der Waals surface area contributed by atoms with E-state index in [0.717, 1.165) is 5.56 Å². The lowest BCUT2D eigenvalue weighted by Crippen LogP contribution is -1.94. The summed E-state index contributed by atoms with van der Waals surface area (Å²) in [6, 6.07) is 3.32. The zero-order valence-electron chi connectivity index (χ0n) is 8.46. The molecule has 0 aromatic heterocycles. The molecule has 1 rings (SSSR count). The Labute approximate surface area is 83.8 Å². The molecule has 0 unspecified atom stereocenters. The molecular weight excluding hydrogens is 176 g/mol. The van der Waals surface area contributed by atoms with Gasteiger partial charge in [-0.2, -0.15) is 0 Å². The maximum absolute atomic E-state index is 9.62. The van der Waals surface area contributed by atoms with Crippen LogP contribution in [0.2, 0.25) is 0 Å². The van der Waals surface area contributed by atoms with E-state index in [-0.39, 0.29) is 11.5 Å². The standard InChI is InChI=1S/C12H14O2/c1-7(2)11-10(14)6-5-8(3)12(11)9(4)13/h5-6,13-14H,1,4H2,2-3H3. The molecule has 0 radical (unpaired) electrons. The fraction of sp³-hybridized carbons (Fsp3) is 0.167. The molecule has 0 heterocycles. The lowest BCUT2D eigenvalue weighted by molar-refractivity contribution is 0.470. The van der Waals surface area contributed by atoms with E-state index in [9.17, 15) is 10.2 Å². The summed E-state index contributed by atoms with van der Waals surface area (Å²) in [5, 5.41) is 19.0. The second-order valence-corrected chi connectivity index (χ2v) is 3.38. The minimum Gasteiger partial charge on any atom is -0.508 e. The molecule has 2 heteroatoms. The van der Waals surface area contributed by atoms with Crippen LogP contribution in [0.4, 0.5) is 0 Å². The highest BCUT2D eigenvalue weighted by molar-refractivity contribution is 5.79. The maximum atomic E-state index is 9.62. The summed E-state index contributed by atoms with van der Waals surface area (Å²) in [6.07, 6.45) is 0. The third kappa shape index (κ3) is 1.64. The van der Waals surface area contributed by atoms with E-state index < -0.39 is 0 Å². The number of benzene rings is 1. The van der Waals surface area contributed by atoms with E-state index in [0.29, 0.717) is 16.7 Å². The number of aromatic hydroxyl groups is 1. The molecule has 2 N–H and O–H groups in total. The molecule has 0 fully saturated rings. The lowest BCUT2D eigenvalue weighted by Gasteiger charge is -2.12. The van der Waals surface area contributed by atoms with Gasteiger partial charge in [-0.3, -0.25) is 0 Å². The van der Waals surface area contributed by atoms with Gasteiger partial charge >= 0.3 is 0 Å². The average molecular weight is 190 g/mol. The average Bonchev–Trinajstić information content (AvgIpc) is 2.07. The van der Waals surface area contributed by atoms with Gasteiger partial charge in [-0.1, -0.05) is 19.2 Å². The van der Waals surface area contributed by atoms with Gasteiger partial charge in [0.25, 0.3) is 0 Å². The molecular formula is C12H14O2. The van der Waals surface area contributed by atoms with Gasteiger partial charge in [-0.25, -0.2) is 0 Å². The first kappa shape index (κ1) is 10.4. The maximum Gasteiger partial charge on any atom is 0.123 e. The lowest BCUT2D eigenvalue weighted by atomic mass is 9.95. The molecule has 0 saturated heterocycles. The zero-order valence-corrected chi connectivity index (χ0v) is 8.46. The highest BCUT2D eigenvalue weighted by atomic mass is 16.3. The Hall–Kier alpha value is -1.70. The van der Waals surface area contributed by atoms with Crippen molar-refractivity contribution in [2.75, 3.05) is 0 Å². The van der Waals surface area contributed by atoms with Gasteiger partial charge < -0.3 is 10.2 Å². The SMILES string of the molecule is C=C(O)c1c(C)ccc(O)c1C(=C)C. The Morgan fingerprint density at radius 1 is 1.21 bits per heavy atom. The fourth-order valence-corrected chi connectivity index (χ4v) is 1.50. The number of aliphatic hydroxyl groups is 1. The largest absolute Gasteiger partial charge is 0.508 e. The third-order valence-corrected chi connectivity index (χ3v) is 2.11. The van der Waals surface area contributed by atoms with Gasteiger partial charge in [0.15, 0.2) is 0 Å². The summed E-state index contributed by atoms with van der Waals surface area (Å²) in [6.45, 7) is 10.9. The van der Waals surface area contributed by atoms with Crippen molar-refractivity contribution < 1.29 is 10.2 Å². The van der Waals surface area contributed by atoms with Crippen LogP contribution in [0.3, 0.4) is 0 Å². The van der Waals surface area contributed by atoms with Crippen molar-refractivity contribution in [3.05, 3.63) is 42.0 Å². The Morgan fingerprint density at radius 3 is 2.14 bits per heavy atom. The summed E-state index contributed by atoms with van der Waals surface area (Å²) < 4.78 is 0. The Morgan fingerprint density at radius 2 is 1.79 bits per heavy atom. The van der Waals surface area contributed by atoms with Crippen LogP contribution in [-0.4, -0.2) is 10.2 Å². The van der Waals surface area contributed by atoms with E-state index in [1.165, 1.54) is 0 Å². The van der Waals surface area contributed by atoms with Crippen molar-refractivity contribution in [2.45, 2.75) is 13.8 Å². The van der Waals surface area contributed by atoms with Gasteiger partial charge in [0, 0.05) is 11.1 Å². The molecule has 0 aliphatic carbocycles. The second-order valence-electron chi connectivity index (χ2n) is 3.38. The second kappa shape index (κ2) is 3.58. The molecule has 0 amide bonds. The van der Waals surface area contributed by atoms with Crippen LogP contribution >= 0.6 is 0 Å². The topological polar surface area (TPSA) is 40.5 Å². The van der Waals surface area contributed by atoms with Crippen LogP contribution in [0.25, 0.3) is 11.3 Å². The summed E-state index contributed by atoms with van der Waals surface area (Å²) in [4.78, 5) is 0. The molecule has 0 bridgehead atoms. The van der Waals surface area contributed by atoms with Gasteiger partial charge in [0.1, 0.15) is 11.5 Å². The molecule has 0 aliphatic rings. The molecule has 0 spiro atoms. The minimum absolute atomic E-state index is 0.0450. The van der Waals surface area contributed by atoms with Crippen LogP contribution in [0, 0.1) is 6.92 Å². The number of aryl methyl sites for hydroxylation is 1. The van der Waals surface area contributed by atoms with Crippen molar-refractivity contribution in [3.63, 3.8) is 0 Å². The number of hydrogen-bond donors (Lipinski definition) is 2. The molecule has 0 atom stereocenters. The number of phenols is 1. The van der Waals surface area contributed by atoms with Crippen molar-refractivity contribution in [1.29, 1.82) is 0 Å². The summed E-state index contributed by atoms with van der Waals surface area (Å²) in [7, 11) is 0. The summed E-state index contributed by atoms with van der Waals surface area (Å²) in [5.74, 6) is 0.0738. The number of allylic oxidation sites excluding steroid dienone is 1. The third-order valence-electron chi connectivity index (χ3n) is 2.11. The Kier molecular flexibility index (Phi) is 2.65. The highest BCUT2D eigenvalue weighted by Crippen LogP contribution is 2.32. The van der Waals surface area contributed by atoms with Crippen molar-refractivity contribution in [1.82, 2.24) is 0 Å². The van der Waals surface area contributed by atoms with Crippen LogP contribution in [0.15, 0.2) is 25.3 Å². The van der Waals surface area contributed by atoms with Crippen LogP contribution in [0.1, 0.15) is 23.6 Å². The first-order valence-electron chi connectivity index (χ1n) is 4.32. The first-order valence-corrected chi connectivity index (χ1v) is 4.32. The van der Waals surface area contributed by atoms with Crippen LogP contribution in [-0.2, 0) is 0 Å². The Bertz CT molecular complexity index is 364. The summed E-state index contributed by atoms with van der Waals surface area (Å²) in [5.41, 5.74) is 2.71. The molecule has 74 valence electrons. The van der Waals surface area contributed by atoms with Crippen molar-refractivity contribution in [2.24, 2.45) is 0 Å². The van der Waals surface area contributed by atoms with E-state index in [4.69, 9.17) is 0 Å². The molecule has 14 heavy (non-hydrogen) atoms. The van der Waals surface area contributed by atoms with Crippen molar-refractivity contribution >= 4 is 11.3 Å². The van der Waals surface area contributed by atoms with Gasteiger partial charge in [0.2, 0.25) is 0 Å². The molecule has 1 aromatic rings. The quantitative estimate of drug-likeness (QED) is 0.703. The van der Waals surface area contributed by atoms with Gasteiger partial charge in [-0.05, 0) is 31.1 Å². The predicted octanol–water partition coefficient (Wildman–Crippen LogP) is 3.26. The first-order chi connectivity index (χ1) is 6.45. The minimum atomic E-state index is -0.0450. The fourth-order valence-electron chi connectivity index (χ4n) is 1.50. The van der Waals surface area contributed by atoms with Gasteiger partial charge in [-0.15, -0.1) is 0 Å². The smallest absolute Gasteiger partial charge is 0.123 e. The van der Waals surface area contributed by atoms with E-state index in [1.54, 1.807) is 19.1 Å². The van der Waals surface area contributed by atoms with Crippen LogP contribution < -0.4 is 0 Å². The predicted molar refractivity (Wildman–Crippen MR) is 59.2 cm³/mol. The molecule has 0 aliphatic heterocycles. The zero-order chi connectivity index (χ0) is 10.9. The van der Waals surface area contributed by atoms with E-state index in [2.05, 4.69) is 13.2 Å². The van der Waals surface area contributed by atoms with Crippen LogP contribution in [0.5, 0.6) is 5.75 Å². The van der Waals surface area contributed by atoms with Gasteiger partial charge in [0.05, 0.1) is 0 Å². The monoisotopic (exact) mass is 190 g/mol. The molecule has 0 saturated carbocycles. The van der Waals surface area contributed by atoms with E-state index >= 15 is 0 Å². The highest BCUT2D eigenvalue weighted by Gasteiger charge is 2.13.